The van der Waals surface area contributed by atoms with Gasteiger partial charge in [0.25, 0.3) is 5.88 Å². The number of halogens is 2. The number of ether oxygens (including phenoxy) is 1. The van der Waals surface area contributed by atoms with Crippen molar-refractivity contribution in [2.75, 3.05) is 0 Å². The Bertz CT molecular complexity index is 619. The number of benzene rings is 1. The van der Waals surface area contributed by atoms with Crippen molar-refractivity contribution in [2.45, 2.75) is 6.42 Å². The third-order valence-corrected chi connectivity index (χ3v) is 2.45. The Morgan fingerprint density at radius 1 is 1.42 bits per heavy atom. The van der Waals surface area contributed by atoms with Crippen LogP contribution < -0.4 is 4.74 Å². The molecule has 2 rings (SSSR count). The minimum atomic E-state index is -0.951. The molecule has 0 bridgehead atoms. The summed E-state index contributed by atoms with van der Waals surface area (Å²) in [4.78, 5) is 14.3. The van der Waals surface area contributed by atoms with Crippen molar-refractivity contribution < 1.29 is 19.0 Å². The number of aliphatic carboxylic acids is 1. The van der Waals surface area contributed by atoms with E-state index in [4.69, 9.17) is 21.4 Å². The summed E-state index contributed by atoms with van der Waals surface area (Å²) in [5, 5.41) is 8.87. The molecule has 0 radical (unpaired) electrons. The zero-order chi connectivity index (χ0) is 13.8. The van der Waals surface area contributed by atoms with Crippen LogP contribution in [0.15, 0.2) is 36.5 Å². The lowest BCUT2D eigenvalue weighted by atomic mass is 10.1. The van der Waals surface area contributed by atoms with Gasteiger partial charge in [0, 0.05) is 6.20 Å². The van der Waals surface area contributed by atoms with Crippen LogP contribution in [0.4, 0.5) is 4.39 Å². The molecule has 0 amide bonds. The number of rotatable bonds is 4. The van der Waals surface area contributed by atoms with Gasteiger partial charge in [-0.15, -0.1) is 0 Å². The second-order valence-corrected chi connectivity index (χ2v) is 4.20. The fourth-order valence-corrected chi connectivity index (χ4v) is 1.63. The fraction of sp³-hybridized carbons (Fsp3) is 0.0769. The van der Waals surface area contributed by atoms with E-state index in [-0.39, 0.29) is 17.3 Å². The largest absolute Gasteiger partial charge is 0.481 e. The average molecular weight is 282 g/mol. The van der Waals surface area contributed by atoms with Crippen LogP contribution in [0.25, 0.3) is 0 Å². The van der Waals surface area contributed by atoms with Crippen LogP contribution in [0.5, 0.6) is 11.6 Å². The molecule has 2 aromatic rings. The second kappa shape index (κ2) is 5.67. The van der Waals surface area contributed by atoms with Gasteiger partial charge in [-0.25, -0.2) is 9.37 Å². The highest BCUT2D eigenvalue weighted by atomic mass is 35.5. The molecule has 1 aromatic carbocycles. The van der Waals surface area contributed by atoms with Gasteiger partial charge in [-0.1, -0.05) is 23.7 Å². The first-order valence-electron chi connectivity index (χ1n) is 5.34. The molecular formula is C13H9ClFNO3. The van der Waals surface area contributed by atoms with Gasteiger partial charge in [-0.3, -0.25) is 4.79 Å². The molecule has 1 aromatic heterocycles. The second-order valence-electron chi connectivity index (χ2n) is 3.76. The van der Waals surface area contributed by atoms with E-state index in [0.29, 0.717) is 11.3 Å². The maximum Gasteiger partial charge on any atom is 0.307 e. The van der Waals surface area contributed by atoms with Gasteiger partial charge in [-0.05, 0) is 23.8 Å². The monoisotopic (exact) mass is 281 g/mol. The average Bonchev–Trinajstić information content (AvgIpc) is 2.32. The molecule has 0 saturated carbocycles. The number of carboxylic acid groups (broad SMARTS) is 1. The third kappa shape index (κ3) is 3.66. The van der Waals surface area contributed by atoms with Crippen LogP contribution in [0.2, 0.25) is 5.02 Å². The molecule has 0 spiro atoms. The molecule has 19 heavy (non-hydrogen) atoms. The summed E-state index contributed by atoms with van der Waals surface area (Å²) in [5.74, 6) is -1.53. The van der Waals surface area contributed by atoms with Crippen LogP contribution >= 0.6 is 11.6 Å². The van der Waals surface area contributed by atoms with Crippen molar-refractivity contribution in [3.8, 4) is 11.6 Å². The van der Waals surface area contributed by atoms with E-state index < -0.39 is 11.8 Å². The number of hydrogen-bond acceptors (Lipinski definition) is 3. The Balaban J connectivity index is 2.21. The number of hydrogen-bond donors (Lipinski definition) is 1. The quantitative estimate of drug-likeness (QED) is 0.934. The van der Waals surface area contributed by atoms with Gasteiger partial charge in [0.05, 0.1) is 11.4 Å². The van der Waals surface area contributed by atoms with Gasteiger partial charge in [0.1, 0.15) is 5.75 Å². The molecule has 1 heterocycles. The molecule has 0 atom stereocenters. The minimum Gasteiger partial charge on any atom is -0.481 e. The predicted molar refractivity (Wildman–Crippen MR) is 67.1 cm³/mol. The van der Waals surface area contributed by atoms with E-state index in [1.807, 2.05) is 0 Å². The van der Waals surface area contributed by atoms with E-state index >= 15 is 0 Å². The Hall–Kier alpha value is -2.14. The molecule has 0 saturated heterocycles. The Labute approximate surface area is 113 Å². The van der Waals surface area contributed by atoms with Crippen LogP contribution in [0, 0.1) is 5.82 Å². The topological polar surface area (TPSA) is 59.4 Å². The van der Waals surface area contributed by atoms with Crippen molar-refractivity contribution in [2.24, 2.45) is 0 Å². The van der Waals surface area contributed by atoms with E-state index in [9.17, 15) is 9.18 Å². The molecule has 98 valence electrons. The maximum atomic E-state index is 13.5. The lowest BCUT2D eigenvalue weighted by Crippen LogP contribution is -2.00. The zero-order valence-electron chi connectivity index (χ0n) is 9.64. The maximum absolute atomic E-state index is 13.5. The highest BCUT2D eigenvalue weighted by Gasteiger charge is 2.08. The van der Waals surface area contributed by atoms with Crippen LogP contribution in [-0.4, -0.2) is 16.1 Å². The Morgan fingerprint density at radius 3 is 2.89 bits per heavy atom. The van der Waals surface area contributed by atoms with Crippen molar-refractivity contribution in [1.82, 2.24) is 4.98 Å². The normalized spacial score (nSPS) is 10.2. The van der Waals surface area contributed by atoms with E-state index in [2.05, 4.69) is 4.98 Å². The summed E-state index contributed by atoms with van der Waals surface area (Å²) in [6, 6.07) is 7.46. The highest BCUT2D eigenvalue weighted by molar-refractivity contribution is 6.30. The summed E-state index contributed by atoms with van der Waals surface area (Å²) in [7, 11) is 0. The lowest BCUT2D eigenvalue weighted by Gasteiger charge is -2.07. The SMILES string of the molecule is O=C(O)Cc1cccc(Oc2ncc(Cl)cc2F)c1. The number of carboxylic acids is 1. The summed E-state index contributed by atoms with van der Waals surface area (Å²) in [6.45, 7) is 0. The van der Waals surface area contributed by atoms with Crippen molar-refractivity contribution >= 4 is 17.6 Å². The smallest absolute Gasteiger partial charge is 0.307 e. The molecule has 0 aliphatic heterocycles. The van der Waals surface area contributed by atoms with E-state index in [1.165, 1.54) is 12.3 Å². The first kappa shape index (κ1) is 13.3. The van der Waals surface area contributed by atoms with Crippen LogP contribution in [0.3, 0.4) is 0 Å². The molecule has 0 aliphatic carbocycles. The van der Waals surface area contributed by atoms with Gasteiger partial charge < -0.3 is 9.84 Å². The van der Waals surface area contributed by atoms with Crippen molar-refractivity contribution in [3.63, 3.8) is 0 Å². The first-order valence-corrected chi connectivity index (χ1v) is 5.72. The van der Waals surface area contributed by atoms with Crippen molar-refractivity contribution in [3.05, 3.63) is 52.9 Å². The molecule has 0 aliphatic rings. The lowest BCUT2D eigenvalue weighted by molar-refractivity contribution is -0.136. The first-order chi connectivity index (χ1) is 9.04. The molecule has 1 N–H and O–H groups in total. The molecule has 0 fully saturated rings. The number of pyridine rings is 1. The zero-order valence-corrected chi connectivity index (χ0v) is 10.4. The van der Waals surface area contributed by atoms with Gasteiger partial charge in [0.2, 0.25) is 0 Å². The number of aromatic nitrogens is 1. The summed E-state index contributed by atoms with van der Waals surface area (Å²) in [5.41, 5.74) is 0.555. The molecular weight excluding hydrogens is 273 g/mol. The third-order valence-electron chi connectivity index (χ3n) is 2.24. The summed E-state index contributed by atoms with van der Waals surface area (Å²) < 4.78 is 18.7. The van der Waals surface area contributed by atoms with Crippen LogP contribution in [0.1, 0.15) is 5.56 Å². The van der Waals surface area contributed by atoms with Gasteiger partial charge in [-0.2, -0.15) is 0 Å². The van der Waals surface area contributed by atoms with Gasteiger partial charge >= 0.3 is 5.97 Å². The summed E-state index contributed by atoms with van der Waals surface area (Å²) >= 11 is 5.58. The Kier molecular flexibility index (Phi) is 3.97. The van der Waals surface area contributed by atoms with E-state index in [1.54, 1.807) is 18.2 Å². The minimum absolute atomic E-state index is 0.131. The summed E-state index contributed by atoms with van der Waals surface area (Å²) in [6.07, 6.45) is 1.13. The van der Waals surface area contributed by atoms with Crippen LogP contribution in [-0.2, 0) is 11.2 Å². The van der Waals surface area contributed by atoms with Crippen molar-refractivity contribution in [1.29, 1.82) is 0 Å². The number of carbonyl (C=O) groups is 1. The fourth-order valence-electron chi connectivity index (χ4n) is 1.48. The van der Waals surface area contributed by atoms with Gasteiger partial charge in [0.15, 0.2) is 5.82 Å². The predicted octanol–water partition coefficient (Wildman–Crippen LogP) is 3.29. The molecule has 4 nitrogen and oxygen atoms in total. The molecule has 6 heteroatoms. The Morgan fingerprint density at radius 2 is 2.21 bits per heavy atom. The highest BCUT2D eigenvalue weighted by Crippen LogP contribution is 2.24. The molecule has 0 unspecified atom stereocenters. The van der Waals surface area contributed by atoms with E-state index in [0.717, 1.165) is 6.07 Å². The number of nitrogens with zero attached hydrogens (tertiary/aromatic N) is 1. The standard InChI is InChI=1S/C13H9ClFNO3/c14-9-6-11(15)13(16-7-9)19-10-3-1-2-8(4-10)5-12(17)18/h1-4,6-7H,5H2,(H,17,18).